The largest absolute Gasteiger partial charge is 0.480 e. The monoisotopic (exact) mass is 406 g/mol. The topological polar surface area (TPSA) is 109 Å². The quantitative estimate of drug-likeness (QED) is 0.638. The van der Waals surface area contributed by atoms with Crippen LogP contribution in [0.4, 0.5) is 0 Å². The molecule has 2 aromatic rings. The number of benzene rings is 1. The fourth-order valence-corrected chi connectivity index (χ4v) is 2.14. The summed E-state index contributed by atoms with van der Waals surface area (Å²) in [6.07, 6.45) is 1.44. The van der Waals surface area contributed by atoms with E-state index < -0.39 is 23.8 Å². The van der Waals surface area contributed by atoms with Crippen LogP contribution in [-0.2, 0) is 9.59 Å². The van der Waals surface area contributed by atoms with Gasteiger partial charge in [-0.15, -0.1) is 0 Å². The molecule has 2 rings (SSSR count). The average Bonchev–Trinajstić information content (AvgIpc) is 3.01. The maximum absolute atomic E-state index is 12.3. The highest BCUT2D eigenvalue weighted by Crippen LogP contribution is 2.14. The molecular formula is C17H15BrN2O5. The lowest BCUT2D eigenvalue weighted by molar-refractivity contribution is -0.140. The molecule has 0 saturated carbocycles. The van der Waals surface area contributed by atoms with E-state index in [9.17, 15) is 14.4 Å². The van der Waals surface area contributed by atoms with E-state index in [4.69, 9.17) is 9.52 Å². The van der Waals surface area contributed by atoms with E-state index >= 15 is 0 Å². The zero-order chi connectivity index (χ0) is 18.4. The number of carboxylic acids is 1. The normalized spacial score (nSPS) is 12.3. The van der Waals surface area contributed by atoms with Crippen molar-refractivity contribution in [1.82, 2.24) is 10.6 Å². The van der Waals surface area contributed by atoms with Crippen molar-refractivity contribution in [2.24, 2.45) is 0 Å². The van der Waals surface area contributed by atoms with Gasteiger partial charge in [-0.2, -0.15) is 0 Å². The molecule has 1 heterocycles. The van der Waals surface area contributed by atoms with Crippen LogP contribution in [-0.4, -0.2) is 28.9 Å². The standard InChI is InChI=1S/C17H15BrN2O5/c1-10(17(23)24)19-15(21)12(9-11-5-3-2-4-6-11)20-16(22)13-7-8-14(18)25-13/h2-10H,1H3,(H,19,21)(H,20,22)(H,23,24)/b12-9+/t10-/m1/s1. The van der Waals surface area contributed by atoms with Crippen molar-refractivity contribution in [1.29, 1.82) is 0 Å². The first-order valence-electron chi connectivity index (χ1n) is 7.24. The number of rotatable bonds is 6. The van der Waals surface area contributed by atoms with E-state index in [1.165, 1.54) is 19.1 Å². The molecule has 2 amide bonds. The second kappa shape index (κ2) is 8.29. The molecule has 1 aromatic heterocycles. The summed E-state index contributed by atoms with van der Waals surface area (Å²) in [5.74, 6) is -2.54. The maximum atomic E-state index is 12.3. The Morgan fingerprint density at radius 2 is 1.84 bits per heavy atom. The number of amides is 2. The van der Waals surface area contributed by atoms with Crippen molar-refractivity contribution in [2.75, 3.05) is 0 Å². The van der Waals surface area contributed by atoms with Crippen LogP contribution < -0.4 is 10.6 Å². The fourth-order valence-electron chi connectivity index (χ4n) is 1.83. The summed E-state index contributed by atoms with van der Waals surface area (Å²) in [7, 11) is 0. The first kappa shape index (κ1) is 18.5. The van der Waals surface area contributed by atoms with Crippen LogP contribution in [0.2, 0.25) is 0 Å². The second-order valence-corrected chi connectivity index (χ2v) is 5.84. The van der Waals surface area contributed by atoms with Gasteiger partial charge in [-0.3, -0.25) is 14.4 Å². The Hall–Kier alpha value is -2.87. The van der Waals surface area contributed by atoms with Gasteiger partial charge in [-0.25, -0.2) is 0 Å². The Morgan fingerprint density at radius 1 is 1.16 bits per heavy atom. The molecule has 0 fully saturated rings. The summed E-state index contributed by atoms with van der Waals surface area (Å²) in [4.78, 5) is 35.5. The molecule has 130 valence electrons. The van der Waals surface area contributed by atoms with E-state index in [1.54, 1.807) is 30.3 Å². The summed E-state index contributed by atoms with van der Waals surface area (Å²) >= 11 is 3.09. The van der Waals surface area contributed by atoms with Crippen molar-refractivity contribution < 1.29 is 23.9 Å². The molecule has 0 saturated heterocycles. The van der Waals surface area contributed by atoms with Gasteiger partial charge in [-0.1, -0.05) is 30.3 Å². The molecular weight excluding hydrogens is 392 g/mol. The minimum absolute atomic E-state index is 0.00456. The lowest BCUT2D eigenvalue weighted by Crippen LogP contribution is -2.42. The average molecular weight is 407 g/mol. The molecule has 0 aliphatic carbocycles. The van der Waals surface area contributed by atoms with Crippen LogP contribution in [0.3, 0.4) is 0 Å². The van der Waals surface area contributed by atoms with Crippen molar-refractivity contribution in [3.63, 3.8) is 0 Å². The van der Waals surface area contributed by atoms with Crippen LogP contribution in [0, 0.1) is 0 Å². The number of carbonyl (C=O) groups excluding carboxylic acids is 2. The summed E-state index contributed by atoms with van der Waals surface area (Å²) in [6, 6.07) is 10.7. The van der Waals surface area contributed by atoms with Gasteiger partial charge in [0, 0.05) is 0 Å². The third-order valence-corrected chi connectivity index (χ3v) is 3.54. The Labute approximate surface area is 151 Å². The fraction of sp³-hybridized carbons (Fsp3) is 0.118. The molecule has 25 heavy (non-hydrogen) atoms. The number of hydrogen-bond acceptors (Lipinski definition) is 4. The van der Waals surface area contributed by atoms with Crippen LogP contribution in [0.5, 0.6) is 0 Å². The van der Waals surface area contributed by atoms with E-state index in [2.05, 4.69) is 26.6 Å². The maximum Gasteiger partial charge on any atom is 0.325 e. The lowest BCUT2D eigenvalue weighted by Gasteiger charge is -2.13. The van der Waals surface area contributed by atoms with Crippen molar-refractivity contribution in [3.8, 4) is 0 Å². The van der Waals surface area contributed by atoms with Gasteiger partial charge in [0.2, 0.25) is 0 Å². The number of hydrogen-bond donors (Lipinski definition) is 3. The zero-order valence-electron chi connectivity index (χ0n) is 13.2. The van der Waals surface area contributed by atoms with Gasteiger partial charge < -0.3 is 20.2 Å². The SMILES string of the molecule is C[C@@H](NC(=O)/C(=C\c1ccccc1)NC(=O)c1ccc(Br)o1)C(=O)O. The third-order valence-electron chi connectivity index (χ3n) is 3.12. The Morgan fingerprint density at radius 3 is 2.40 bits per heavy atom. The molecule has 0 bridgehead atoms. The number of furan rings is 1. The van der Waals surface area contributed by atoms with Crippen molar-refractivity contribution >= 4 is 39.8 Å². The minimum atomic E-state index is -1.19. The van der Waals surface area contributed by atoms with Gasteiger partial charge in [0.15, 0.2) is 10.4 Å². The molecule has 0 aliphatic heterocycles. The minimum Gasteiger partial charge on any atom is -0.480 e. The molecule has 7 nitrogen and oxygen atoms in total. The number of halogens is 1. The zero-order valence-corrected chi connectivity index (χ0v) is 14.7. The summed E-state index contributed by atoms with van der Waals surface area (Å²) < 4.78 is 5.52. The summed E-state index contributed by atoms with van der Waals surface area (Å²) in [5.41, 5.74) is 0.563. The van der Waals surface area contributed by atoms with Crippen LogP contribution >= 0.6 is 15.9 Å². The van der Waals surface area contributed by atoms with Gasteiger partial charge in [0.1, 0.15) is 11.7 Å². The van der Waals surface area contributed by atoms with Gasteiger partial charge in [-0.05, 0) is 46.6 Å². The van der Waals surface area contributed by atoms with Crippen LogP contribution in [0.15, 0.2) is 57.2 Å². The van der Waals surface area contributed by atoms with Crippen LogP contribution in [0.1, 0.15) is 23.0 Å². The molecule has 0 aliphatic rings. The van der Waals surface area contributed by atoms with E-state index in [1.807, 2.05) is 6.07 Å². The predicted molar refractivity (Wildman–Crippen MR) is 93.5 cm³/mol. The molecule has 8 heteroatoms. The first-order chi connectivity index (χ1) is 11.9. The highest BCUT2D eigenvalue weighted by atomic mass is 79.9. The predicted octanol–water partition coefficient (Wildman–Crippen LogP) is 2.40. The van der Waals surface area contributed by atoms with Gasteiger partial charge >= 0.3 is 5.97 Å². The first-order valence-corrected chi connectivity index (χ1v) is 8.03. The molecule has 0 radical (unpaired) electrons. The second-order valence-electron chi connectivity index (χ2n) is 5.06. The van der Waals surface area contributed by atoms with Crippen LogP contribution in [0.25, 0.3) is 6.08 Å². The molecule has 1 atom stereocenters. The molecule has 1 aromatic carbocycles. The molecule has 0 unspecified atom stereocenters. The van der Waals surface area contributed by atoms with Gasteiger partial charge in [0.25, 0.3) is 11.8 Å². The molecule has 3 N–H and O–H groups in total. The van der Waals surface area contributed by atoms with E-state index in [-0.39, 0.29) is 11.5 Å². The van der Waals surface area contributed by atoms with Crippen molar-refractivity contribution in [2.45, 2.75) is 13.0 Å². The number of nitrogens with one attached hydrogen (secondary N) is 2. The number of aliphatic carboxylic acids is 1. The highest BCUT2D eigenvalue weighted by Gasteiger charge is 2.20. The summed E-state index contributed by atoms with van der Waals surface area (Å²) in [5, 5.41) is 13.7. The highest BCUT2D eigenvalue weighted by molar-refractivity contribution is 9.10. The van der Waals surface area contributed by atoms with E-state index in [0.29, 0.717) is 10.2 Å². The third kappa shape index (κ3) is 5.32. The Bertz CT molecular complexity index is 813. The summed E-state index contributed by atoms with van der Waals surface area (Å²) in [6.45, 7) is 1.33. The molecule has 0 spiro atoms. The number of carbonyl (C=O) groups is 3. The Kier molecular flexibility index (Phi) is 6.13. The number of carboxylic acid groups (broad SMARTS) is 1. The van der Waals surface area contributed by atoms with Crippen molar-refractivity contribution in [3.05, 3.63) is 64.2 Å². The van der Waals surface area contributed by atoms with Gasteiger partial charge in [0.05, 0.1) is 0 Å². The lowest BCUT2D eigenvalue weighted by atomic mass is 10.2. The smallest absolute Gasteiger partial charge is 0.325 e. The van der Waals surface area contributed by atoms with E-state index in [0.717, 1.165) is 0 Å². The Balaban J connectivity index is 2.25.